The van der Waals surface area contributed by atoms with Gasteiger partial charge < -0.3 is 4.90 Å². The molecule has 0 spiro atoms. The maximum Gasteiger partial charge on any atom is 0.134 e. The molecule has 1 heterocycles. The summed E-state index contributed by atoms with van der Waals surface area (Å²) >= 11 is 5.88. The van der Waals surface area contributed by atoms with Crippen molar-refractivity contribution in [2.24, 2.45) is 5.92 Å². The Morgan fingerprint density at radius 3 is 2.60 bits per heavy atom. The second-order valence-electron chi connectivity index (χ2n) is 4.20. The Kier molecular flexibility index (Phi) is 4.33. The molecule has 0 aliphatic rings. The Morgan fingerprint density at radius 2 is 2.07 bits per heavy atom. The van der Waals surface area contributed by atoms with Gasteiger partial charge in [0.15, 0.2) is 0 Å². The maximum atomic E-state index is 5.88. The van der Waals surface area contributed by atoms with Crippen LogP contribution in [0.3, 0.4) is 0 Å². The van der Waals surface area contributed by atoms with Crippen LogP contribution in [0.1, 0.15) is 26.1 Å². The molecule has 0 N–H and O–H groups in total. The summed E-state index contributed by atoms with van der Waals surface area (Å²) in [7, 11) is 2.03. The highest BCUT2D eigenvalue weighted by Gasteiger charge is 2.06. The van der Waals surface area contributed by atoms with E-state index >= 15 is 0 Å². The van der Waals surface area contributed by atoms with Crippen LogP contribution in [-0.4, -0.2) is 23.6 Å². The van der Waals surface area contributed by atoms with Crippen LogP contribution in [0.25, 0.3) is 0 Å². The molecule has 0 saturated carbocycles. The largest absolute Gasteiger partial charge is 0.360 e. The average Bonchev–Trinajstić information content (AvgIpc) is 2.12. The molecule has 1 rings (SSSR count). The smallest absolute Gasteiger partial charge is 0.134 e. The lowest BCUT2D eigenvalue weighted by Crippen LogP contribution is -2.21. The molecule has 0 aliphatic carbocycles. The number of aryl methyl sites for hydroxylation is 1. The first-order chi connectivity index (χ1) is 6.99. The lowest BCUT2D eigenvalue weighted by molar-refractivity contribution is 0.583. The van der Waals surface area contributed by atoms with Gasteiger partial charge in [0.05, 0.1) is 0 Å². The molecule has 3 nitrogen and oxygen atoms in total. The van der Waals surface area contributed by atoms with Crippen molar-refractivity contribution >= 4 is 17.4 Å². The standard InChI is InChI=1S/C11H18ClN3/c1-8(2)5-6-15(4)11-7-10(12)13-9(3)14-11/h7-8H,5-6H2,1-4H3. The third-order valence-corrected chi connectivity index (χ3v) is 2.42. The summed E-state index contributed by atoms with van der Waals surface area (Å²) in [6.45, 7) is 7.27. The van der Waals surface area contributed by atoms with Gasteiger partial charge in [-0.1, -0.05) is 25.4 Å². The van der Waals surface area contributed by atoms with E-state index in [1.54, 1.807) is 6.07 Å². The molecule has 84 valence electrons. The lowest BCUT2D eigenvalue weighted by Gasteiger charge is -2.19. The summed E-state index contributed by atoms with van der Waals surface area (Å²) in [6.07, 6.45) is 1.15. The number of halogens is 1. The van der Waals surface area contributed by atoms with Gasteiger partial charge in [0.25, 0.3) is 0 Å². The topological polar surface area (TPSA) is 29.0 Å². The van der Waals surface area contributed by atoms with Crippen LogP contribution in [0.5, 0.6) is 0 Å². The summed E-state index contributed by atoms with van der Waals surface area (Å²) in [5.74, 6) is 2.31. The number of hydrogen-bond acceptors (Lipinski definition) is 3. The van der Waals surface area contributed by atoms with Crippen molar-refractivity contribution in [1.29, 1.82) is 0 Å². The van der Waals surface area contributed by atoms with E-state index in [9.17, 15) is 0 Å². The molecular weight excluding hydrogens is 210 g/mol. The Bertz CT molecular complexity index is 305. The van der Waals surface area contributed by atoms with E-state index in [2.05, 4.69) is 28.7 Å². The predicted molar refractivity (Wildman–Crippen MR) is 64.5 cm³/mol. The van der Waals surface area contributed by atoms with Gasteiger partial charge in [0.2, 0.25) is 0 Å². The van der Waals surface area contributed by atoms with Crippen molar-refractivity contribution in [3.05, 3.63) is 17.0 Å². The van der Waals surface area contributed by atoms with E-state index in [1.165, 1.54) is 0 Å². The first-order valence-electron chi connectivity index (χ1n) is 5.21. The van der Waals surface area contributed by atoms with Crippen LogP contribution in [0.4, 0.5) is 5.82 Å². The Morgan fingerprint density at radius 1 is 1.40 bits per heavy atom. The summed E-state index contributed by atoms with van der Waals surface area (Å²) in [6, 6.07) is 1.80. The van der Waals surface area contributed by atoms with Crippen molar-refractivity contribution in [2.45, 2.75) is 27.2 Å². The molecule has 0 saturated heterocycles. The number of nitrogens with zero attached hydrogens (tertiary/aromatic N) is 3. The summed E-state index contributed by atoms with van der Waals surface area (Å²) in [5, 5.41) is 0.508. The molecule has 0 fully saturated rings. The third kappa shape index (κ3) is 4.04. The van der Waals surface area contributed by atoms with Crippen molar-refractivity contribution in [3.8, 4) is 0 Å². The fraction of sp³-hybridized carbons (Fsp3) is 0.636. The van der Waals surface area contributed by atoms with Gasteiger partial charge in [-0.2, -0.15) is 0 Å². The molecule has 4 heteroatoms. The molecule has 0 bridgehead atoms. The molecule has 0 aromatic carbocycles. The molecular formula is C11H18ClN3. The van der Waals surface area contributed by atoms with Crippen LogP contribution in [0.15, 0.2) is 6.07 Å². The summed E-state index contributed by atoms with van der Waals surface area (Å²) in [4.78, 5) is 10.5. The third-order valence-electron chi connectivity index (χ3n) is 2.23. The number of aromatic nitrogens is 2. The number of hydrogen-bond donors (Lipinski definition) is 0. The van der Waals surface area contributed by atoms with Gasteiger partial charge in [-0.25, -0.2) is 9.97 Å². The minimum atomic E-state index is 0.508. The van der Waals surface area contributed by atoms with Crippen molar-refractivity contribution in [2.75, 3.05) is 18.5 Å². The van der Waals surface area contributed by atoms with Crippen molar-refractivity contribution in [3.63, 3.8) is 0 Å². The van der Waals surface area contributed by atoms with Gasteiger partial charge in [0.1, 0.15) is 16.8 Å². The SMILES string of the molecule is Cc1nc(Cl)cc(N(C)CCC(C)C)n1. The van der Waals surface area contributed by atoms with Crippen LogP contribution < -0.4 is 4.90 Å². The van der Waals surface area contributed by atoms with Crippen LogP contribution in [-0.2, 0) is 0 Å². The fourth-order valence-electron chi connectivity index (χ4n) is 1.28. The number of rotatable bonds is 4. The van der Waals surface area contributed by atoms with E-state index in [0.29, 0.717) is 16.9 Å². The van der Waals surface area contributed by atoms with Crippen LogP contribution in [0, 0.1) is 12.8 Å². The highest BCUT2D eigenvalue weighted by atomic mass is 35.5. The van der Waals surface area contributed by atoms with Crippen LogP contribution in [0.2, 0.25) is 5.15 Å². The lowest BCUT2D eigenvalue weighted by atomic mass is 10.1. The number of anilines is 1. The monoisotopic (exact) mass is 227 g/mol. The minimum Gasteiger partial charge on any atom is -0.360 e. The molecule has 0 unspecified atom stereocenters. The molecule has 0 amide bonds. The van der Waals surface area contributed by atoms with Gasteiger partial charge >= 0.3 is 0 Å². The van der Waals surface area contributed by atoms with E-state index < -0.39 is 0 Å². The zero-order valence-corrected chi connectivity index (χ0v) is 10.5. The summed E-state index contributed by atoms with van der Waals surface area (Å²) in [5.41, 5.74) is 0. The maximum absolute atomic E-state index is 5.88. The van der Waals surface area contributed by atoms with Crippen molar-refractivity contribution in [1.82, 2.24) is 9.97 Å². The Balaban J connectivity index is 2.68. The highest BCUT2D eigenvalue weighted by molar-refractivity contribution is 6.29. The normalized spacial score (nSPS) is 10.8. The molecule has 15 heavy (non-hydrogen) atoms. The van der Waals surface area contributed by atoms with Gasteiger partial charge in [-0.3, -0.25) is 0 Å². The zero-order chi connectivity index (χ0) is 11.4. The van der Waals surface area contributed by atoms with Gasteiger partial charge in [-0.15, -0.1) is 0 Å². The van der Waals surface area contributed by atoms with Crippen LogP contribution >= 0.6 is 11.6 Å². The molecule has 0 atom stereocenters. The predicted octanol–water partition coefficient (Wildman–Crippen LogP) is 2.92. The second kappa shape index (κ2) is 5.31. The molecule has 1 aromatic rings. The first kappa shape index (κ1) is 12.2. The summed E-state index contributed by atoms with van der Waals surface area (Å²) < 4.78 is 0. The van der Waals surface area contributed by atoms with Crippen molar-refractivity contribution < 1.29 is 0 Å². The fourth-order valence-corrected chi connectivity index (χ4v) is 1.50. The molecule has 1 aromatic heterocycles. The van der Waals surface area contributed by atoms with E-state index in [-0.39, 0.29) is 0 Å². The van der Waals surface area contributed by atoms with E-state index in [1.807, 2.05) is 14.0 Å². The average molecular weight is 228 g/mol. The Hall–Kier alpha value is -0.830. The second-order valence-corrected chi connectivity index (χ2v) is 4.59. The quantitative estimate of drug-likeness (QED) is 0.741. The first-order valence-corrected chi connectivity index (χ1v) is 5.59. The van der Waals surface area contributed by atoms with E-state index in [0.717, 1.165) is 18.8 Å². The zero-order valence-electron chi connectivity index (χ0n) is 9.79. The molecule has 0 aliphatic heterocycles. The Labute approximate surface area is 96.5 Å². The van der Waals surface area contributed by atoms with Gasteiger partial charge in [0, 0.05) is 19.7 Å². The van der Waals surface area contributed by atoms with Gasteiger partial charge in [-0.05, 0) is 19.3 Å². The highest BCUT2D eigenvalue weighted by Crippen LogP contribution is 2.15. The minimum absolute atomic E-state index is 0.508. The molecule has 0 radical (unpaired) electrons. The van der Waals surface area contributed by atoms with E-state index in [4.69, 9.17) is 11.6 Å².